The first kappa shape index (κ1) is 12.0. The molecule has 1 N–H and O–H groups in total. The molecule has 0 saturated heterocycles. The molecule has 14 heavy (non-hydrogen) atoms. The molecule has 0 heterocycles. The van der Waals surface area contributed by atoms with Gasteiger partial charge in [-0.3, -0.25) is 0 Å². The SMILES string of the molecule is CCNC(COC)COCCC1CC1. The number of hydrogen-bond acceptors (Lipinski definition) is 3. The van der Waals surface area contributed by atoms with E-state index >= 15 is 0 Å². The standard InChI is InChI=1S/C11H23NO2/c1-3-12-11(8-13-2)9-14-7-6-10-4-5-10/h10-12H,3-9H2,1-2H3. The highest BCUT2D eigenvalue weighted by atomic mass is 16.5. The van der Waals surface area contributed by atoms with Crippen molar-refractivity contribution in [3.63, 3.8) is 0 Å². The Labute approximate surface area is 87.2 Å². The molecule has 0 aliphatic heterocycles. The fourth-order valence-corrected chi connectivity index (χ4v) is 1.54. The van der Waals surface area contributed by atoms with Crippen LogP contribution < -0.4 is 5.32 Å². The Morgan fingerprint density at radius 1 is 1.36 bits per heavy atom. The Morgan fingerprint density at radius 2 is 2.14 bits per heavy atom. The molecule has 0 amide bonds. The summed E-state index contributed by atoms with van der Waals surface area (Å²) in [4.78, 5) is 0. The van der Waals surface area contributed by atoms with Crippen molar-refractivity contribution in [3.8, 4) is 0 Å². The van der Waals surface area contributed by atoms with Crippen molar-refractivity contribution in [1.82, 2.24) is 5.32 Å². The van der Waals surface area contributed by atoms with Crippen LogP contribution in [0.25, 0.3) is 0 Å². The van der Waals surface area contributed by atoms with Gasteiger partial charge in [0.2, 0.25) is 0 Å². The van der Waals surface area contributed by atoms with E-state index in [1.165, 1.54) is 19.3 Å². The van der Waals surface area contributed by atoms with Crippen molar-refractivity contribution in [2.24, 2.45) is 5.92 Å². The molecule has 1 fully saturated rings. The van der Waals surface area contributed by atoms with Gasteiger partial charge in [-0.15, -0.1) is 0 Å². The summed E-state index contributed by atoms with van der Waals surface area (Å²) < 4.78 is 10.7. The van der Waals surface area contributed by atoms with Crippen LogP contribution in [0.2, 0.25) is 0 Å². The lowest BCUT2D eigenvalue weighted by molar-refractivity contribution is 0.0720. The minimum atomic E-state index is 0.351. The fourth-order valence-electron chi connectivity index (χ4n) is 1.54. The molecule has 84 valence electrons. The van der Waals surface area contributed by atoms with Crippen LogP contribution in [0.4, 0.5) is 0 Å². The average Bonchev–Trinajstić information content (AvgIpc) is 2.96. The molecule has 1 rings (SSSR count). The van der Waals surface area contributed by atoms with Crippen LogP contribution in [0.5, 0.6) is 0 Å². The Balaban J connectivity index is 1.93. The zero-order chi connectivity index (χ0) is 10.2. The van der Waals surface area contributed by atoms with Crippen molar-refractivity contribution in [1.29, 1.82) is 0 Å². The van der Waals surface area contributed by atoms with E-state index in [0.717, 1.165) is 32.3 Å². The lowest BCUT2D eigenvalue weighted by Gasteiger charge is -2.16. The molecule has 0 bridgehead atoms. The molecule has 3 nitrogen and oxygen atoms in total. The number of methoxy groups -OCH3 is 1. The predicted octanol–water partition coefficient (Wildman–Crippen LogP) is 1.43. The van der Waals surface area contributed by atoms with Crippen LogP contribution in [-0.4, -0.2) is 39.5 Å². The molecule has 0 radical (unpaired) electrons. The van der Waals surface area contributed by atoms with Crippen molar-refractivity contribution in [2.75, 3.05) is 33.5 Å². The summed E-state index contributed by atoms with van der Waals surface area (Å²) in [5.41, 5.74) is 0. The van der Waals surface area contributed by atoms with Crippen LogP contribution in [0.3, 0.4) is 0 Å². The highest BCUT2D eigenvalue weighted by molar-refractivity contribution is 4.72. The molecule has 3 heteroatoms. The van der Waals surface area contributed by atoms with E-state index in [2.05, 4.69) is 12.2 Å². The lowest BCUT2D eigenvalue weighted by atomic mass is 10.3. The zero-order valence-corrected chi connectivity index (χ0v) is 9.42. The second kappa shape index (κ2) is 7.21. The quantitative estimate of drug-likeness (QED) is 0.572. The predicted molar refractivity (Wildman–Crippen MR) is 57.5 cm³/mol. The summed E-state index contributed by atoms with van der Waals surface area (Å²) >= 11 is 0. The van der Waals surface area contributed by atoms with E-state index in [9.17, 15) is 0 Å². The van der Waals surface area contributed by atoms with Gasteiger partial charge in [-0.05, 0) is 18.9 Å². The summed E-state index contributed by atoms with van der Waals surface area (Å²) in [6, 6.07) is 0.351. The highest BCUT2D eigenvalue weighted by Gasteiger charge is 2.20. The largest absolute Gasteiger partial charge is 0.383 e. The van der Waals surface area contributed by atoms with Gasteiger partial charge in [0.15, 0.2) is 0 Å². The first-order valence-corrected chi connectivity index (χ1v) is 5.66. The number of nitrogens with one attached hydrogen (secondary N) is 1. The topological polar surface area (TPSA) is 30.5 Å². The summed E-state index contributed by atoms with van der Waals surface area (Å²) in [7, 11) is 1.73. The summed E-state index contributed by atoms with van der Waals surface area (Å²) in [6.45, 7) is 5.49. The van der Waals surface area contributed by atoms with Crippen LogP contribution in [0.1, 0.15) is 26.2 Å². The molecular weight excluding hydrogens is 178 g/mol. The maximum atomic E-state index is 5.61. The highest BCUT2D eigenvalue weighted by Crippen LogP contribution is 2.32. The number of ether oxygens (including phenoxy) is 2. The maximum Gasteiger partial charge on any atom is 0.0642 e. The van der Waals surface area contributed by atoms with Gasteiger partial charge in [0.1, 0.15) is 0 Å². The Bertz CT molecular complexity index is 131. The first-order chi connectivity index (χ1) is 6.86. The minimum absolute atomic E-state index is 0.351. The fraction of sp³-hybridized carbons (Fsp3) is 1.00. The third kappa shape index (κ3) is 5.58. The van der Waals surface area contributed by atoms with E-state index in [-0.39, 0.29) is 0 Å². The van der Waals surface area contributed by atoms with Gasteiger partial charge in [0.05, 0.1) is 19.3 Å². The van der Waals surface area contributed by atoms with Crippen molar-refractivity contribution >= 4 is 0 Å². The molecule has 0 spiro atoms. The molecule has 0 aromatic rings. The number of hydrogen-bond donors (Lipinski definition) is 1. The second-order valence-electron chi connectivity index (χ2n) is 4.02. The van der Waals surface area contributed by atoms with Gasteiger partial charge < -0.3 is 14.8 Å². The molecule has 1 saturated carbocycles. The molecule has 1 aliphatic rings. The Kier molecular flexibility index (Phi) is 6.15. The van der Waals surface area contributed by atoms with Gasteiger partial charge in [-0.1, -0.05) is 19.8 Å². The lowest BCUT2D eigenvalue weighted by Crippen LogP contribution is -2.37. The van der Waals surface area contributed by atoms with Crippen LogP contribution in [0.15, 0.2) is 0 Å². The van der Waals surface area contributed by atoms with Gasteiger partial charge in [-0.25, -0.2) is 0 Å². The number of likely N-dealkylation sites (N-methyl/N-ethyl adjacent to an activating group) is 1. The van der Waals surface area contributed by atoms with Gasteiger partial charge in [0, 0.05) is 13.7 Å². The molecular formula is C11H23NO2. The molecule has 1 aliphatic carbocycles. The van der Waals surface area contributed by atoms with E-state index < -0.39 is 0 Å². The Morgan fingerprint density at radius 3 is 2.71 bits per heavy atom. The van der Waals surface area contributed by atoms with Crippen molar-refractivity contribution < 1.29 is 9.47 Å². The van der Waals surface area contributed by atoms with E-state index in [1.807, 2.05) is 0 Å². The number of rotatable bonds is 9. The van der Waals surface area contributed by atoms with Crippen molar-refractivity contribution in [3.05, 3.63) is 0 Å². The van der Waals surface area contributed by atoms with Gasteiger partial charge in [0.25, 0.3) is 0 Å². The van der Waals surface area contributed by atoms with Crippen LogP contribution >= 0.6 is 0 Å². The van der Waals surface area contributed by atoms with Crippen LogP contribution in [0, 0.1) is 5.92 Å². The Hall–Kier alpha value is -0.120. The van der Waals surface area contributed by atoms with Gasteiger partial charge in [-0.2, -0.15) is 0 Å². The van der Waals surface area contributed by atoms with E-state index in [1.54, 1.807) is 7.11 Å². The molecule has 0 aromatic heterocycles. The summed E-state index contributed by atoms with van der Waals surface area (Å²) in [5, 5.41) is 3.34. The molecule has 1 unspecified atom stereocenters. The summed E-state index contributed by atoms with van der Waals surface area (Å²) in [6.07, 6.45) is 4.07. The van der Waals surface area contributed by atoms with Gasteiger partial charge >= 0.3 is 0 Å². The monoisotopic (exact) mass is 201 g/mol. The first-order valence-electron chi connectivity index (χ1n) is 5.66. The molecule has 0 aromatic carbocycles. The smallest absolute Gasteiger partial charge is 0.0642 e. The van der Waals surface area contributed by atoms with E-state index in [0.29, 0.717) is 6.04 Å². The average molecular weight is 201 g/mol. The zero-order valence-electron chi connectivity index (χ0n) is 9.42. The minimum Gasteiger partial charge on any atom is -0.383 e. The second-order valence-corrected chi connectivity index (χ2v) is 4.02. The third-order valence-electron chi connectivity index (χ3n) is 2.55. The summed E-state index contributed by atoms with van der Waals surface area (Å²) in [5.74, 6) is 0.968. The maximum absolute atomic E-state index is 5.61. The van der Waals surface area contributed by atoms with E-state index in [4.69, 9.17) is 9.47 Å². The van der Waals surface area contributed by atoms with Crippen molar-refractivity contribution in [2.45, 2.75) is 32.2 Å². The normalized spacial score (nSPS) is 18.4. The molecule has 1 atom stereocenters. The third-order valence-corrected chi connectivity index (χ3v) is 2.55. The van der Waals surface area contributed by atoms with Crippen LogP contribution in [-0.2, 0) is 9.47 Å².